The monoisotopic (exact) mass is 377 g/mol. The van der Waals surface area contributed by atoms with E-state index in [2.05, 4.69) is 29.7 Å². The second-order valence-corrected chi connectivity index (χ2v) is 6.55. The summed E-state index contributed by atoms with van der Waals surface area (Å²) in [5.41, 5.74) is 4.36. The van der Waals surface area contributed by atoms with Gasteiger partial charge < -0.3 is 11.0 Å². The van der Waals surface area contributed by atoms with E-state index < -0.39 is 5.97 Å². The van der Waals surface area contributed by atoms with E-state index in [9.17, 15) is 4.79 Å². The van der Waals surface area contributed by atoms with Crippen LogP contribution in [-0.2, 0) is 4.79 Å². The fourth-order valence-corrected chi connectivity index (χ4v) is 3.28. The van der Waals surface area contributed by atoms with Gasteiger partial charge in [-0.1, -0.05) is 30.3 Å². The summed E-state index contributed by atoms with van der Waals surface area (Å²) in [4.78, 5) is 12.6. The molecule has 1 N–H and O–H groups in total. The zero-order chi connectivity index (χ0) is 17.6. The van der Waals surface area contributed by atoms with Gasteiger partial charge in [0.2, 0.25) is 0 Å². The number of hydrogen-bond donors (Lipinski definition) is 1. The average molecular weight is 377 g/mol. The van der Waals surface area contributed by atoms with Gasteiger partial charge >= 0.3 is 35.5 Å². The van der Waals surface area contributed by atoms with Crippen molar-refractivity contribution in [3.63, 3.8) is 0 Å². The number of benzene rings is 1. The van der Waals surface area contributed by atoms with Crippen molar-refractivity contribution >= 4 is 22.9 Å². The molecule has 0 spiro atoms. The van der Waals surface area contributed by atoms with Crippen molar-refractivity contribution in [3.05, 3.63) is 76.7 Å². The Hall–Kier alpha value is -1.63. The van der Waals surface area contributed by atoms with Crippen molar-refractivity contribution in [2.75, 3.05) is 20.1 Å². The van der Waals surface area contributed by atoms with Crippen LogP contribution >= 0.6 is 11.3 Å². The molecule has 6 heteroatoms. The summed E-state index contributed by atoms with van der Waals surface area (Å²) in [7, 11) is 1.80. The summed E-state index contributed by atoms with van der Waals surface area (Å²) >= 11 is 1.65. The minimum atomic E-state index is -0.823. The summed E-state index contributed by atoms with van der Waals surface area (Å²) in [6.07, 6.45) is 3.74. The number of nitrogens with zero attached hydrogens (tertiary/aromatic N) is 1. The van der Waals surface area contributed by atoms with Gasteiger partial charge in [0, 0.05) is 12.1 Å². The summed E-state index contributed by atoms with van der Waals surface area (Å²) in [5, 5.41) is 13.0. The zero-order valence-corrected chi connectivity index (χ0v) is 17.7. The first-order valence-electron chi connectivity index (χ1n) is 7.91. The Morgan fingerprint density at radius 3 is 2.58 bits per heavy atom. The molecule has 0 aliphatic rings. The van der Waals surface area contributed by atoms with E-state index in [-0.39, 0.29) is 37.5 Å². The van der Waals surface area contributed by atoms with E-state index in [0.717, 1.165) is 28.0 Å². The van der Waals surface area contributed by atoms with Gasteiger partial charge in [0.05, 0.1) is 12.8 Å². The van der Waals surface area contributed by atoms with Gasteiger partial charge in [-0.25, -0.2) is 0 Å². The van der Waals surface area contributed by atoms with Gasteiger partial charge in [0.25, 0.3) is 0 Å². The molecule has 0 atom stereocenters. The molecule has 0 aliphatic heterocycles. The van der Waals surface area contributed by atoms with Crippen molar-refractivity contribution in [2.24, 2.45) is 0 Å². The number of furan rings is 1. The molecule has 3 rings (SSSR count). The van der Waals surface area contributed by atoms with E-state index in [4.69, 9.17) is 9.52 Å². The van der Waals surface area contributed by atoms with Crippen molar-refractivity contribution in [2.45, 2.75) is 0 Å². The van der Waals surface area contributed by atoms with E-state index in [1.165, 1.54) is 0 Å². The third-order valence-corrected chi connectivity index (χ3v) is 4.53. The number of carboxylic acid groups (broad SMARTS) is 1. The smallest absolute Gasteiger partial charge is 1.00 e. The fourth-order valence-electron chi connectivity index (χ4n) is 2.62. The van der Waals surface area contributed by atoms with Crippen LogP contribution in [0.4, 0.5) is 0 Å². The van der Waals surface area contributed by atoms with Crippen molar-refractivity contribution in [3.8, 4) is 11.3 Å². The van der Waals surface area contributed by atoms with Crippen LogP contribution in [0.1, 0.15) is 12.6 Å². The van der Waals surface area contributed by atoms with Crippen LogP contribution in [0.25, 0.3) is 16.9 Å². The number of aliphatic carboxylic acids is 1. The Kier molecular flexibility index (Phi) is 7.87. The van der Waals surface area contributed by atoms with E-state index in [1.54, 1.807) is 29.5 Å². The fraction of sp³-hybridized carbons (Fsp3) is 0.150. The Labute approximate surface area is 180 Å². The van der Waals surface area contributed by atoms with Crippen LogP contribution in [-0.4, -0.2) is 36.1 Å². The number of rotatable bonds is 7. The number of carbonyl (C=O) groups is 1. The predicted molar refractivity (Wildman–Crippen MR) is 102 cm³/mol. The molecule has 26 heavy (non-hydrogen) atoms. The second-order valence-electron chi connectivity index (χ2n) is 5.77. The molecular formula is C20H20NNaO3S. The van der Waals surface area contributed by atoms with E-state index >= 15 is 0 Å². The van der Waals surface area contributed by atoms with Crippen molar-refractivity contribution < 1.29 is 45.3 Å². The van der Waals surface area contributed by atoms with Crippen LogP contribution in [0.5, 0.6) is 0 Å². The predicted octanol–water partition coefficient (Wildman–Crippen LogP) is 1.57. The molecule has 0 radical (unpaired) electrons. The van der Waals surface area contributed by atoms with Gasteiger partial charge in [-0.05, 0) is 52.7 Å². The maximum absolute atomic E-state index is 10.8. The van der Waals surface area contributed by atoms with Crippen LogP contribution in [0, 0.1) is 0 Å². The molecule has 130 valence electrons. The average Bonchev–Trinajstić information content (AvgIpc) is 3.29. The quantitative estimate of drug-likeness (QED) is 0.635. The largest absolute Gasteiger partial charge is 1.00 e. The number of likely N-dealkylation sites (N-methyl/N-ethyl adjacent to an activating group) is 1. The van der Waals surface area contributed by atoms with E-state index in [0.29, 0.717) is 6.54 Å². The maximum Gasteiger partial charge on any atom is 1.00 e. The van der Waals surface area contributed by atoms with Gasteiger partial charge in [-0.2, -0.15) is 11.3 Å². The van der Waals surface area contributed by atoms with E-state index in [1.807, 2.05) is 29.6 Å². The minimum absolute atomic E-state index is 0. The molecule has 1 aromatic carbocycles. The molecule has 0 saturated carbocycles. The normalized spacial score (nSPS) is 11.4. The molecule has 4 nitrogen and oxygen atoms in total. The minimum Gasteiger partial charge on any atom is -1.00 e. The van der Waals surface area contributed by atoms with Gasteiger partial charge in [-0.15, -0.1) is 0 Å². The number of carboxylic acids is 1. The summed E-state index contributed by atoms with van der Waals surface area (Å²) in [6.45, 7) is 0.586. The third-order valence-electron chi connectivity index (χ3n) is 3.85. The van der Waals surface area contributed by atoms with Crippen LogP contribution in [0.15, 0.2) is 70.0 Å². The van der Waals surface area contributed by atoms with Gasteiger partial charge in [0.15, 0.2) is 0 Å². The van der Waals surface area contributed by atoms with Crippen LogP contribution < -0.4 is 29.6 Å². The first-order valence-corrected chi connectivity index (χ1v) is 8.85. The third kappa shape index (κ3) is 5.43. The molecule has 2 aromatic heterocycles. The number of hydrogen-bond acceptors (Lipinski definition) is 4. The molecule has 0 bridgehead atoms. The zero-order valence-electron chi connectivity index (χ0n) is 15.9. The van der Waals surface area contributed by atoms with Gasteiger partial charge in [0.1, 0.15) is 5.76 Å². The molecule has 0 amide bonds. The molecule has 0 aliphatic carbocycles. The topological polar surface area (TPSA) is 53.7 Å². The summed E-state index contributed by atoms with van der Waals surface area (Å²) in [6, 6.07) is 14.1. The Morgan fingerprint density at radius 2 is 2.00 bits per heavy atom. The molecule has 0 fully saturated rings. The van der Waals surface area contributed by atoms with Crippen LogP contribution in [0.2, 0.25) is 0 Å². The Balaban J connectivity index is 0.00000182. The summed E-state index contributed by atoms with van der Waals surface area (Å²) < 4.78 is 5.43. The molecule has 2 heterocycles. The SMILES string of the molecule is CN(C/C=C(/c1ccc(-c2ccco2)cc1)c1ccsc1)CC(=O)O.[H-].[Na+]. The molecule has 3 aromatic rings. The van der Waals surface area contributed by atoms with Crippen molar-refractivity contribution in [1.29, 1.82) is 0 Å². The first-order chi connectivity index (χ1) is 12.1. The summed E-state index contributed by atoms with van der Waals surface area (Å²) in [5.74, 6) is 0.0181. The second kappa shape index (κ2) is 9.90. The standard InChI is InChI=1S/C20H19NO3S.Na.H/c1-21(13-20(22)23)10-8-18(17-9-12-25-14-17)15-4-6-16(7-5-15)19-3-2-11-24-19;;/h2-9,11-12,14H,10,13H2,1H3,(H,22,23);;/q;+1;-1/b18-8-;;. The molecule has 0 saturated heterocycles. The molecular weight excluding hydrogens is 357 g/mol. The van der Waals surface area contributed by atoms with Gasteiger partial charge in [-0.3, -0.25) is 9.69 Å². The maximum atomic E-state index is 10.8. The van der Waals surface area contributed by atoms with Crippen LogP contribution in [0.3, 0.4) is 0 Å². The number of thiophene rings is 1. The Morgan fingerprint density at radius 1 is 1.23 bits per heavy atom. The Bertz CT molecular complexity index is 846. The van der Waals surface area contributed by atoms with Crippen molar-refractivity contribution in [1.82, 2.24) is 4.90 Å². The first kappa shape index (κ1) is 20.7. The molecule has 0 unspecified atom stereocenters.